The molecular weight excluding hydrogens is 236 g/mol. The third-order valence-electron chi connectivity index (χ3n) is 2.42. The molecule has 0 spiro atoms. The molecule has 1 N–H and O–H groups in total. The topological polar surface area (TPSA) is 55.1 Å². The number of thioether (sulfide) groups is 1. The molecule has 0 aromatic carbocycles. The van der Waals surface area contributed by atoms with Crippen LogP contribution in [0.25, 0.3) is 0 Å². The fraction of sp³-hybridized carbons (Fsp3) is 0.667. The van der Waals surface area contributed by atoms with Crippen LogP contribution in [-0.4, -0.2) is 26.6 Å². The molecule has 0 radical (unpaired) electrons. The van der Waals surface area contributed by atoms with Crippen molar-refractivity contribution in [2.45, 2.75) is 45.2 Å². The van der Waals surface area contributed by atoms with Gasteiger partial charge in [0.05, 0.1) is 16.5 Å². The van der Waals surface area contributed by atoms with Gasteiger partial charge in [-0.3, -0.25) is 9.48 Å². The first-order chi connectivity index (χ1) is 8.02. The van der Waals surface area contributed by atoms with Gasteiger partial charge in [0.25, 0.3) is 0 Å². The lowest BCUT2D eigenvalue weighted by atomic mass is 10.1. The van der Waals surface area contributed by atoms with Crippen LogP contribution in [0, 0.1) is 5.92 Å². The van der Waals surface area contributed by atoms with E-state index in [1.165, 1.54) is 11.8 Å². The van der Waals surface area contributed by atoms with Gasteiger partial charge in [0.1, 0.15) is 0 Å². The summed E-state index contributed by atoms with van der Waals surface area (Å²) in [5, 5.41) is 14.1. The van der Waals surface area contributed by atoms with Crippen molar-refractivity contribution in [1.29, 1.82) is 0 Å². The molecule has 0 aliphatic heterocycles. The second-order valence-corrected chi connectivity index (χ2v) is 5.41. The smallest absolute Gasteiger partial charge is 0.313 e. The van der Waals surface area contributed by atoms with Crippen molar-refractivity contribution < 1.29 is 9.90 Å². The summed E-state index contributed by atoms with van der Waals surface area (Å²) in [4.78, 5) is 10.6. The molecule has 0 saturated heterocycles. The highest BCUT2D eigenvalue weighted by molar-refractivity contribution is 7.99. The van der Waals surface area contributed by atoms with Crippen LogP contribution >= 0.6 is 11.8 Å². The predicted molar refractivity (Wildman–Crippen MR) is 69.4 cm³/mol. The minimum Gasteiger partial charge on any atom is -0.481 e. The number of carboxylic acid groups (broad SMARTS) is 1. The first kappa shape index (κ1) is 14.1. The molecule has 0 unspecified atom stereocenters. The molecule has 1 aromatic heterocycles. The SMILES string of the molecule is CCc1cc(SCC(=O)O)n(CCC(C)C)n1. The predicted octanol–water partition coefficient (Wildman–Crippen LogP) is 2.67. The molecule has 1 aromatic rings. The zero-order chi connectivity index (χ0) is 12.8. The molecule has 0 fully saturated rings. The molecule has 1 rings (SSSR count). The molecule has 4 nitrogen and oxygen atoms in total. The number of carboxylic acids is 1. The molecule has 17 heavy (non-hydrogen) atoms. The van der Waals surface area contributed by atoms with Crippen LogP contribution in [-0.2, 0) is 17.8 Å². The maximum Gasteiger partial charge on any atom is 0.313 e. The normalized spacial score (nSPS) is 11.1. The van der Waals surface area contributed by atoms with Gasteiger partial charge in [0.15, 0.2) is 0 Å². The van der Waals surface area contributed by atoms with Crippen molar-refractivity contribution in [3.63, 3.8) is 0 Å². The summed E-state index contributed by atoms with van der Waals surface area (Å²) in [5.41, 5.74) is 1.03. The maximum absolute atomic E-state index is 10.6. The van der Waals surface area contributed by atoms with Gasteiger partial charge in [0.2, 0.25) is 0 Å². The zero-order valence-electron chi connectivity index (χ0n) is 10.6. The van der Waals surface area contributed by atoms with Gasteiger partial charge in [-0.15, -0.1) is 0 Å². The van der Waals surface area contributed by atoms with Crippen molar-refractivity contribution in [3.8, 4) is 0 Å². The van der Waals surface area contributed by atoms with Gasteiger partial charge in [-0.2, -0.15) is 5.10 Å². The molecule has 1 heterocycles. The summed E-state index contributed by atoms with van der Waals surface area (Å²) in [6.07, 6.45) is 1.95. The van der Waals surface area contributed by atoms with Crippen molar-refractivity contribution in [3.05, 3.63) is 11.8 Å². The quantitative estimate of drug-likeness (QED) is 0.762. The van der Waals surface area contributed by atoms with E-state index < -0.39 is 5.97 Å². The highest BCUT2D eigenvalue weighted by Crippen LogP contribution is 2.20. The van der Waals surface area contributed by atoms with E-state index in [4.69, 9.17) is 5.11 Å². The van der Waals surface area contributed by atoms with Gasteiger partial charge in [0, 0.05) is 6.54 Å². The summed E-state index contributed by atoms with van der Waals surface area (Å²) in [5.74, 6) is -0.0671. The standard InChI is InChI=1S/C12H20N2O2S/c1-4-10-7-11(17-8-12(15)16)14(13-10)6-5-9(2)3/h7,9H,4-6,8H2,1-3H3,(H,15,16). The van der Waals surface area contributed by atoms with Gasteiger partial charge < -0.3 is 5.11 Å². The first-order valence-corrected chi connectivity index (χ1v) is 6.92. The zero-order valence-corrected chi connectivity index (χ0v) is 11.5. The monoisotopic (exact) mass is 256 g/mol. The lowest BCUT2D eigenvalue weighted by Crippen LogP contribution is -2.06. The highest BCUT2D eigenvalue weighted by Gasteiger charge is 2.09. The van der Waals surface area contributed by atoms with Crippen LogP contribution in [0.1, 0.15) is 32.9 Å². The van der Waals surface area contributed by atoms with Gasteiger partial charge >= 0.3 is 5.97 Å². The number of carbonyl (C=O) groups is 1. The van der Waals surface area contributed by atoms with Gasteiger partial charge in [-0.05, 0) is 24.8 Å². The third kappa shape index (κ3) is 4.81. The lowest BCUT2D eigenvalue weighted by Gasteiger charge is -2.08. The molecule has 96 valence electrons. The van der Waals surface area contributed by atoms with Gasteiger partial charge in [-0.25, -0.2) is 0 Å². The first-order valence-electron chi connectivity index (χ1n) is 5.94. The molecule has 0 aliphatic carbocycles. The van der Waals surface area contributed by atoms with Crippen LogP contribution in [0.5, 0.6) is 0 Å². The van der Waals surface area contributed by atoms with Crippen molar-refractivity contribution >= 4 is 17.7 Å². The summed E-state index contributed by atoms with van der Waals surface area (Å²) in [6.45, 7) is 7.27. The number of nitrogens with zero attached hydrogens (tertiary/aromatic N) is 2. The van der Waals surface area contributed by atoms with Crippen LogP contribution in [0.2, 0.25) is 0 Å². The Hall–Kier alpha value is -0.970. The molecule has 0 atom stereocenters. The molecule has 5 heteroatoms. The Morgan fingerprint density at radius 1 is 1.59 bits per heavy atom. The van der Waals surface area contributed by atoms with E-state index >= 15 is 0 Å². The van der Waals surface area contributed by atoms with E-state index in [0.29, 0.717) is 5.92 Å². The van der Waals surface area contributed by atoms with Gasteiger partial charge in [-0.1, -0.05) is 32.5 Å². The number of hydrogen-bond donors (Lipinski definition) is 1. The minimum absolute atomic E-state index is 0.0938. The number of aliphatic carboxylic acids is 1. The Labute approximate surface area is 106 Å². The molecule has 0 amide bonds. The van der Waals surface area contributed by atoms with E-state index in [1.54, 1.807) is 0 Å². The second-order valence-electron chi connectivity index (χ2n) is 4.42. The molecule has 0 saturated carbocycles. The highest BCUT2D eigenvalue weighted by atomic mass is 32.2. The van der Waals surface area contributed by atoms with Crippen molar-refractivity contribution in [2.75, 3.05) is 5.75 Å². The molecular formula is C12H20N2O2S. The summed E-state index contributed by atoms with van der Waals surface area (Å²) >= 11 is 1.34. The summed E-state index contributed by atoms with van der Waals surface area (Å²) in [6, 6.07) is 1.99. The van der Waals surface area contributed by atoms with Crippen LogP contribution in [0.15, 0.2) is 11.1 Å². The van der Waals surface area contributed by atoms with E-state index in [9.17, 15) is 4.79 Å². The minimum atomic E-state index is -0.787. The summed E-state index contributed by atoms with van der Waals surface area (Å²) < 4.78 is 1.94. The third-order valence-corrected chi connectivity index (χ3v) is 3.43. The largest absolute Gasteiger partial charge is 0.481 e. The Morgan fingerprint density at radius 2 is 2.29 bits per heavy atom. The van der Waals surface area contributed by atoms with Crippen LogP contribution < -0.4 is 0 Å². The Bertz CT molecular complexity index is 375. The number of rotatable bonds is 7. The van der Waals surface area contributed by atoms with Crippen molar-refractivity contribution in [2.24, 2.45) is 5.92 Å². The second kappa shape index (κ2) is 6.69. The fourth-order valence-electron chi connectivity index (χ4n) is 1.42. The Morgan fingerprint density at radius 3 is 2.82 bits per heavy atom. The number of aromatic nitrogens is 2. The van der Waals surface area contributed by atoms with E-state index in [2.05, 4.69) is 25.9 Å². The van der Waals surface area contributed by atoms with Crippen LogP contribution in [0.4, 0.5) is 0 Å². The number of aryl methyl sites for hydroxylation is 2. The number of hydrogen-bond acceptors (Lipinski definition) is 3. The molecule has 0 bridgehead atoms. The van der Waals surface area contributed by atoms with Crippen LogP contribution in [0.3, 0.4) is 0 Å². The average molecular weight is 256 g/mol. The van der Waals surface area contributed by atoms with E-state index in [1.807, 2.05) is 10.7 Å². The maximum atomic E-state index is 10.6. The lowest BCUT2D eigenvalue weighted by molar-refractivity contribution is -0.133. The van der Waals surface area contributed by atoms with E-state index in [0.717, 1.165) is 30.1 Å². The average Bonchev–Trinajstić information content (AvgIpc) is 2.66. The Balaban J connectivity index is 2.70. The Kier molecular flexibility index (Phi) is 5.55. The molecule has 0 aliphatic rings. The van der Waals surface area contributed by atoms with E-state index in [-0.39, 0.29) is 5.75 Å². The fourth-order valence-corrected chi connectivity index (χ4v) is 2.19. The summed E-state index contributed by atoms with van der Waals surface area (Å²) in [7, 11) is 0. The van der Waals surface area contributed by atoms with Crippen molar-refractivity contribution in [1.82, 2.24) is 9.78 Å².